The summed E-state index contributed by atoms with van der Waals surface area (Å²) in [5.41, 5.74) is 3.42. The number of nitro benzene ring substituents is 1. The van der Waals surface area contributed by atoms with Gasteiger partial charge in [0.05, 0.1) is 28.5 Å². The Morgan fingerprint density at radius 2 is 1.59 bits per heavy atom. The minimum atomic E-state index is -0.955. The van der Waals surface area contributed by atoms with Crippen molar-refractivity contribution in [2.45, 2.75) is 19.0 Å². The highest BCUT2D eigenvalue weighted by Crippen LogP contribution is 2.49. The molecule has 0 saturated carbocycles. The van der Waals surface area contributed by atoms with Crippen LogP contribution in [0.1, 0.15) is 11.1 Å². The van der Waals surface area contributed by atoms with Crippen LogP contribution >= 0.6 is 0 Å². The molecular formula is C28H22N4O5. The summed E-state index contributed by atoms with van der Waals surface area (Å²) in [6.45, 7) is 1.92. The number of nitrogens with one attached hydrogen (secondary N) is 1. The van der Waals surface area contributed by atoms with Crippen LogP contribution in [0.25, 0.3) is 6.08 Å². The first-order valence-corrected chi connectivity index (χ1v) is 11.9. The maximum absolute atomic E-state index is 13.8. The molecule has 3 heterocycles. The molecule has 1 N–H and O–H groups in total. The molecule has 0 radical (unpaired) electrons. The zero-order chi connectivity index (χ0) is 25.8. The molecule has 3 aromatic carbocycles. The Balaban J connectivity index is 1.40. The minimum absolute atomic E-state index is 0.0978. The van der Waals surface area contributed by atoms with Crippen molar-refractivity contribution >= 4 is 46.5 Å². The summed E-state index contributed by atoms with van der Waals surface area (Å²) in [4.78, 5) is 54.9. The molecule has 0 unspecified atom stereocenters. The zero-order valence-electron chi connectivity index (χ0n) is 19.8. The third-order valence-corrected chi connectivity index (χ3v) is 7.32. The number of imide groups is 1. The van der Waals surface area contributed by atoms with Crippen LogP contribution in [-0.2, 0) is 14.4 Å². The van der Waals surface area contributed by atoms with E-state index in [1.807, 2.05) is 60.4 Å². The van der Waals surface area contributed by atoms with Gasteiger partial charge >= 0.3 is 0 Å². The lowest BCUT2D eigenvalue weighted by atomic mass is 9.88. The van der Waals surface area contributed by atoms with E-state index < -0.39 is 40.7 Å². The van der Waals surface area contributed by atoms with Gasteiger partial charge in [0.25, 0.3) is 5.69 Å². The maximum atomic E-state index is 13.8. The van der Waals surface area contributed by atoms with Gasteiger partial charge in [-0.3, -0.25) is 24.5 Å². The van der Waals surface area contributed by atoms with Crippen LogP contribution < -0.4 is 15.1 Å². The van der Waals surface area contributed by atoms with Gasteiger partial charge in [-0.15, -0.1) is 0 Å². The highest BCUT2D eigenvalue weighted by molar-refractivity contribution is 6.25. The first-order valence-electron chi connectivity index (χ1n) is 11.9. The number of carbonyl (C=O) groups is 3. The van der Waals surface area contributed by atoms with Crippen molar-refractivity contribution in [2.24, 2.45) is 11.8 Å². The molecule has 0 bridgehead atoms. The van der Waals surface area contributed by atoms with Crippen LogP contribution in [0.15, 0.2) is 78.9 Å². The molecule has 2 fully saturated rings. The van der Waals surface area contributed by atoms with E-state index in [1.165, 1.54) is 29.2 Å². The number of hydrogen-bond donors (Lipinski definition) is 1. The lowest BCUT2D eigenvalue weighted by molar-refractivity contribution is -0.384. The van der Waals surface area contributed by atoms with Gasteiger partial charge in [-0.2, -0.15) is 0 Å². The Kier molecular flexibility index (Phi) is 5.15. The van der Waals surface area contributed by atoms with Crippen molar-refractivity contribution in [1.29, 1.82) is 0 Å². The van der Waals surface area contributed by atoms with E-state index in [1.54, 1.807) is 12.1 Å². The Morgan fingerprint density at radius 3 is 2.30 bits per heavy atom. The summed E-state index contributed by atoms with van der Waals surface area (Å²) in [7, 11) is 0. The van der Waals surface area contributed by atoms with Gasteiger partial charge in [-0.05, 0) is 42.8 Å². The molecular weight excluding hydrogens is 472 g/mol. The fourth-order valence-corrected chi connectivity index (χ4v) is 5.64. The van der Waals surface area contributed by atoms with Crippen molar-refractivity contribution in [1.82, 2.24) is 0 Å². The number of aryl methyl sites for hydroxylation is 1. The van der Waals surface area contributed by atoms with Crippen LogP contribution in [0.2, 0.25) is 0 Å². The number of anilines is 3. The van der Waals surface area contributed by atoms with Gasteiger partial charge in [-0.1, -0.05) is 48.0 Å². The monoisotopic (exact) mass is 494 g/mol. The molecule has 0 aliphatic carbocycles. The number of amides is 3. The molecule has 2 saturated heterocycles. The molecule has 3 aliphatic heterocycles. The SMILES string of the molecule is Cc1ccc(N2C(=O)[C@@H]3[C@@H](C2=O)[C@@H]2C=Cc4ccccc4N2[C@@H]3C(=O)Nc2ccc([N+](=O)[O-])cc2)cc1. The van der Waals surface area contributed by atoms with Crippen LogP contribution in [0.4, 0.5) is 22.7 Å². The molecule has 9 heteroatoms. The second-order valence-corrected chi connectivity index (χ2v) is 9.45. The predicted molar refractivity (Wildman–Crippen MR) is 138 cm³/mol. The van der Waals surface area contributed by atoms with E-state index in [0.29, 0.717) is 11.4 Å². The Morgan fingerprint density at radius 1 is 0.919 bits per heavy atom. The summed E-state index contributed by atoms with van der Waals surface area (Å²) in [6.07, 6.45) is 3.82. The highest BCUT2D eigenvalue weighted by atomic mass is 16.6. The van der Waals surface area contributed by atoms with Crippen molar-refractivity contribution in [2.75, 3.05) is 15.1 Å². The van der Waals surface area contributed by atoms with Gasteiger partial charge in [-0.25, -0.2) is 4.90 Å². The van der Waals surface area contributed by atoms with E-state index in [0.717, 1.165) is 16.8 Å². The number of non-ortho nitro benzene ring substituents is 1. The third kappa shape index (κ3) is 3.50. The summed E-state index contributed by atoms with van der Waals surface area (Å²) in [6, 6.07) is 18.8. The maximum Gasteiger partial charge on any atom is 0.269 e. The van der Waals surface area contributed by atoms with Gasteiger partial charge in [0.1, 0.15) is 6.04 Å². The molecule has 3 aliphatic rings. The number of para-hydroxylation sites is 1. The summed E-state index contributed by atoms with van der Waals surface area (Å²) < 4.78 is 0. The predicted octanol–water partition coefficient (Wildman–Crippen LogP) is 3.93. The molecule has 4 atom stereocenters. The fourth-order valence-electron chi connectivity index (χ4n) is 5.64. The number of carbonyl (C=O) groups excluding carboxylic acids is 3. The number of nitro groups is 1. The van der Waals surface area contributed by atoms with Gasteiger partial charge in [0.2, 0.25) is 17.7 Å². The fraction of sp³-hybridized carbons (Fsp3) is 0.179. The standard InChI is InChI=1S/C28H22N4O5/c1-16-6-11-19(12-7-16)30-27(34)23-22-15-8-17-4-2-3-5-21(17)31(22)25(24(23)28(30)35)26(33)29-18-9-13-20(14-10-18)32(36)37/h2-15,22-25H,1H3,(H,29,33)/t22-,23-,24+,25-/m0/s1. The van der Waals surface area contributed by atoms with Gasteiger partial charge < -0.3 is 10.2 Å². The Bertz CT molecular complexity index is 1480. The van der Waals surface area contributed by atoms with E-state index in [-0.39, 0.29) is 11.6 Å². The van der Waals surface area contributed by atoms with E-state index >= 15 is 0 Å². The highest BCUT2D eigenvalue weighted by Gasteiger charge is 2.64. The van der Waals surface area contributed by atoms with E-state index in [9.17, 15) is 24.5 Å². The molecule has 0 aromatic heterocycles. The largest absolute Gasteiger partial charge is 0.351 e. The van der Waals surface area contributed by atoms with Crippen molar-refractivity contribution in [3.63, 3.8) is 0 Å². The quantitative estimate of drug-likeness (QED) is 0.334. The van der Waals surface area contributed by atoms with E-state index in [2.05, 4.69) is 5.32 Å². The van der Waals surface area contributed by atoms with Gasteiger partial charge in [0, 0.05) is 23.5 Å². The van der Waals surface area contributed by atoms with Crippen molar-refractivity contribution in [3.8, 4) is 0 Å². The average molecular weight is 495 g/mol. The summed E-state index contributed by atoms with van der Waals surface area (Å²) in [5, 5.41) is 13.8. The number of rotatable bonds is 4. The molecule has 6 rings (SSSR count). The summed E-state index contributed by atoms with van der Waals surface area (Å²) >= 11 is 0. The normalized spacial score (nSPS) is 23.5. The minimum Gasteiger partial charge on any atom is -0.351 e. The average Bonchev–Trinajstić information content (AvgIpc) is 3.38. The van der Waals surface area contributed by atoms with Crippen LogP contribution in [0, 0.1) is 28.9 Å². The molecule has 0 spiro atoms. The van der Waals surface area contributed by atoms with Crippen LogP contribution in [0.3, 0.4) is 0 Å². The third-order valence-electron chi connectivity index (χ3n) is 7.32. The first-order chi connectivity index (χ1) is 17.8. The molecule has 37 heavy (non-hydrogen) atoms. The second kappa shape index (κ2) is 8.41. The number of benzene rings is 3. The molecule has 3 amide bonds. The second-order valence-electron chi connectivity index (χ2n) is 9.45. The number of hydrogen-bond acceptors (Lipinski definition) is 6. The zero-order valence-corrected chi connectivity index (χ0v) is 19.8. The van der Waals surface area contributed by atoms with Crippen LogP contribution in [-0.4, -0.2) is 34.7 Å². The van der Waals surface area contributed by atoms with Crippen molar-refractivity contribution < 1.29 is 19.3 Å². The Hall–Kier alpha value is -4.79. The van der Waals surface area contributed by atoms with Crippen molar-refractivity contribution in [3.05, 3.63) is 100 Å². The van der Waals surface area contributed by atoms with Crippen LogP contribution in [0.5, 0.6) is 0 Å². The molecule has 184 valence electrons. The topological polar surface area (TPSA) is 113 Å². The Labute approximate surface area is 212 Å². The lowest BCUT2D eigenvalue weighted by Gasteiger charge is -2.36. The lowest BCUT2D eigenvalue weighted by Crippen LogP contribution is -2.50. The van der Waals surface area contributed by atoms with Gasteiger partial charge in [0.15, 0.2) is 0 Å². The number of fused-ring (bicyclic) bond motifs is 5. The van der Waals surface area contributed by atoms with E-state index in [4.69, 9.17) is 0 Å². The molecule has 9 nitrogen and oxygen atoms in total. The molecule has 3 aromatic rings. The first kappa shape index (κ1) is 22.7. The number of nitrogens with zero attached hydrogens (tertiary/aromatic N) is 3. The smallest absolute Gasteiger partial charge is 0.269 e. The summed E-state index contributed by atoms with van der Waals surface area (Å²) in [5.74, 6) is -2.83.